The van der Waals surface area contributed by atoms with Gasteiger partial charge in [-0.1, -0.05) is 5.92 Å². The largest absolute Gasteiger partial charge is 0.481 e. The molecule has 0 radical (unpaired) electrons. The van der Waals surface area contributed by atoms with E-state index in [0.29, 0.717) is 18.8 Å². The van der Waals surface area contributed by atoms with E-state index in [9.17, 15) is 14.0 Å². The number of terminal acetylenes is 1. The molecule has 1 aromatic carbocycles. The Kier molecular flexibility index (Phi) is 3.92. The second-order valence-electron chi connectivity index (χ2n) is 6.10. The van der Waals surface area contributed by atoms with Gasteiger partial charge in [-0.25, -0.2) is 18.4 Å². The molecule has 0 fully saturated rings. The van der Waals surface area contributed by atoms with Crippen LogP contribution in [-0.4, -0.2) is 33.0 Å². The van der Waals surface area contributed by atoms with Crippen molar-refractivity contribution in [2.75, 3.05) is 18.1 Å². The van der Waals surface area contributed by atoms with Gasteiger partial charge in [0.15, 0.2) is 12.4 Å². The lowest BCUT2D eigenvalue weighted by molar-refractivity contribution is -0.121. The lowest BCUT2D eigenvalue weighted by Crippen LogP contribution is -2.39. The Morgan fingerprint density at radius 3 is 2.62 bits per heavy atom. The van der Waals surface area contributed by atoms with Gasteiger partial charge in [-0.2, -0.15) is 0 Å². The predicted molar refractivity (Wildman–Crippen MR) is 94.7 cm³/mol. The third-order valence-corrected chi connectivity index (χ3v) is 4.96. The Balaban J connectivity index is 1.94. The van der Waals surface area contributed by atoms with Crippen molar-refractivity contribution in [1.29, 1.82) is 0 Å². The van der Waals surface area contributed by atoms with E-state index in [1.54, 1.807) is 4.68 Å². The van der Waals surface area contributed by atoms with Crippen LogP contribution >= 0.6 is 12.2 Å². The molecular formula is C17H15FN4O3S. The van der Waals surface area contributed by atoms with Crippen molar-refractivity contribution in [3.8, 4) is 23.8 Å². The number of ether oxygens (including phenoxy) is 1. The third-order valence-electron chi connectivity index (χ3n) is 4.57. The van der Waals surface area contributed by atoms with Gasteiger partial charge in [-0.3, -0.25) is 14.4 Å². The molecule has 0 bridgehead atoms. The van der Waals surface area contributed by atoms with Gasteiger partial charge in [-0.15, -0.1) is 6.42 Å². The normalized spacial score (nSPS) is 15.8. The molecule has 7 nitrogen and oxygen atoms in total. The minimum atomic E-state index is -0.657. The summed E-state index contributed by atoms with van der Waals surface area (Å²) in [5.41, 5.74) is -0.0975. The number of halogens is 1. The number of rotatable bonds is 2. The molecule has 0 unspecified atom stereocenters. The van der Waals surface area contributed by atoms with Gasteiger partial charge >= 0.3 is 5.69 Å². The summed E-state index contributed by atoms with van der Waals surface area (Å²) in [5.74, 6) is 1.62. The number of carbonyl (C=O) groups is 1. The number of hydrogen-bond donors (Lipinski definition) is 0. The van der Waals surface area contributed by atoms with E-state index < -0.39 is 11.5 Å². The molecule has 3 heterocycles. The number of nitrogens with zero attached hydrogens (tertiary/aromatic N) is 4. The van der Waals surface area contributed by atoms with Crippen LogP contribution in [0.3, 0.4) is 0 Å². The van der Waals surface area contributed by atoms with Crippen LogP contribution in [0.2, 0.25) is 0 Å². The maximum absolute atomic E-state index is 14.7. The Hall–Kier alpha value is -2.86. The molecule has 1 amide bonds. The molecule has 134 valence electrons. The highest BCUT2D eigenvalue weighted by atomic mass is 32.1. The van der Waals surface area contributed by atoms with Crippen LogP contribution in [0.5, 0.6) is 5.75 Å². The smallest absolute Gasteiger partial charge is 0.349 e. The molecule has 0 saturated carbocycles. The highest BCUT2D eigenvalue weighted by Gasteiger charge is 2.28. The van der Waals surface area contributed by atoms with Crippen molar-refractivity contribution in [2.45, 2.75) is 25.9 Å². The summed E-state index contributed by atoms with van der Waals surface area (Å²) in [5, 5.41) is 0. The predicted octanol–water partition coefficient (Wildman–Crippen LogP) is 1.46. The Morgan fingerprint density at radius 1 is 1.19 bits per heavy atom. The van der Waals surface area contributed by atoms with Crippen molar-refractivity contribution < 1.29 is 13.9 Å². The van der Waals surface area contributed by atoms with Crippen molar-refractivity contribution in [3.05, 3.63) is 33.2 Å². The lowest BCUT2D eigenvalue weighted by atomic mass is 10.2. The highest BCUT2D eigenvalue weighted by molar-refractivity contribution is 7.71. The molecular weight excluding hydrogens is 359 g/mol. The Labute approximate surface area is 153 Å². The summed E-state index contributed by atoms with van der Waals surface area (Å²) in [6.45, 7) is 0.957. The minimum Gasteiger partial charge on any atom is -0.481 e. The number of aromatic nitrogens is 3. The minimum absolute atomic E-state index is 0.0199. The third kappa shape index (κ3) is 2.37. The van der Waals surface area contributed by atoms with Gasteiger partial charge in [0, 0.05) is 19.2 Å². The van der Waals surface area contributed by atoms with Crippen LogP contribution in [0.25, 0.3) is 5.69 Å². The fraction of sp³-hybridized carbons (Fsp3) is 0.353. The molecule has 0 spiro atoms. The van der Waals surface area contributed by atoms with Crippen LogP contribution in [0.4, 0.5) is 10.1 Å². The van der Waals surface area contributed by atoms with Gasteiger partial charge < -0.3 is 4.74 Å². The van der Waals surface area contributed by atoms with Crippen LogP contribution in [0, 0.1) is 22.9 Å². The SMILES string of the molecule is C#CCN1C(=O)COc2cc(F)c(-n3c(=O)n4n(c3=S)CCCC4)cc21. The highest BCUT2D eigenvalue weighted by Crippen LogP contribution is 2.35. The molecule has 2 aliphatic heterocycles. The van der Waals surface area contributed by atoms with Crippen molar-refractivity contribution >= 4 is 23.8 Å². The monoisotopic (exact) mass is 374 g/mol. The molecule has 0 atom stereocenters. The molecule has 9 heteroatoms. The summed E-state index contributed by atoms with van der Waals surface area (Å²) in [4.78, 5) is 26.2. The van der Waals surface area contributed by atoms with Crippen LogP contribution in [0.1, 0.15) is 12.8 Å². The van der Waals surface area contributed by atoms with Gasteiger partial charge in [0.2, 0.25) is 4.77 Å². The van der Waals surface area contributed by atoms with Crippen LogP contribution in [-0.2, 0) is 17.9 Å². The molecule has 2 aromatic rings. The van der Waals surface area contributed by atoms with E-state index >= 15 is 0 Å². The quantitative estimate of drug-likeness (QED) is 0.590. The first-order chi connectivity index (χ1) is 12.5. The average Bonchev–Trinajstić information content (AvgIpc) is 2.89. The number of carbonyl (C=O) groups excluding carboxylic acids is 1. The van der Waals surface area contributed by atoms with E-state index in [-0.39, 0.29) is 35.3 Å². The van der Waals surface area contributed by atoms with Crippen molar-refractivity contribution in [2.24, 2.45) is 0 Å². The van der Waals surface area contributed by atoms with E-state index in [4.69, 9.17) is 23.4 Å². The Bertz CT molecular complexity index is 1040. The number of anilines is 1. The van der Waals surface area contributed by atoms with Crippen molar-refractivity contribution in [1.82, 2.24) is 13.9 Å². The number of benzene rings is 1. The zero-order valence-electron chi connectivity index (χ0n) is 13.8. The summed E-state index contributed by atoms with van der Waals surface area (Å²) in [6.07, 6.45) is 7.11. The van der Waals surface area contributed by atoms with Crippen LogP contribution in [0.15, 0.2) is 16.9 Å². The molecule has 2 aliphatic rings. The fourth-order valence-electron chi connectivity index (χ4n) is 3.33. The Morgan fingerprint density at radius 2 is 1.92 bits per heavy atom. The van der Waals surface area contributed by atoms with Crippen molar-refractivity contribution in [3.63, 3.8) is 0 Å². The topological polar surface area (TPSA) is 61.4 Å². The summed E-state index contributed by atoms with van der Waals surface area (Å²) < 4.78 is 24.6. The first-order valence-corrected chi connectivity index (χ1v) is 8.57. The van der Waals surface area contributed by atoms with Gasteiger partial charge in [0.25, 0.3) is 5.91 Å². The maximum atomic E-state index is 14.7. The molecule has 4 rings (SSSR count). The number of fused-ring (bicyclic) bond motifs is 2. The standard InChI is InChI=1S/C17H15FN4O3S/c1-2-5-19-13-9-12(11(18)8-14(13)25-10-15(19)23)22-16(24)20-6-3-4-7-21(20)17(22)26/h1,8-9H,3-7,10H2. The summed E-state index contributed by atoms with van der Waals surface area (Å²) >= 11 is 5.39. The van der Waals surface area contributed by atoms with Crippen LogP contribution < -0.4 is 15.3 Å². The van der Waals surface area contributed by atoms with E-state index in [0.717, 1.165) is 23.5 Å². The van der Waals surface area contributed by atoms with E-state index in [1.165, 1.54) is 15.6 Å². The summed E-state index contributed by atoms with van der Waals surface area (Å²) in [6, 6.07) is 2.55. The fourth-order valence-corrected chi connectivity index (χ4v) is 3.69. The van der Waals surface area contributed by atoms with E-state index in [1.807, 2.05) is 0 Å². The average molecular weight is 374 g/mol. The zero-order chi connectivity index (χ0) is 18.4. The maximum Gasteiger partial charge on any atom is 0.349 e. The first kappa shape index (κ1) is 16.6. The lowest BCUT2D eigenvalue weighted by Gasteiger charge is -2.28. The molecule has 1 aromatic heterocycles. The van der Waals surface area contributed by atoms with E-state index in [2.05, 4.69) is 5.92 Å². The van der Waals surface area contributed by atoms with Gasteiger partial charge in [0.05, 0.1) is 17.9 Å². The summed E-state index contributed by atoms with van der Waals surface area (Å²) in [7, 11) is 0. The molecule has 0 saturated heterocycles. The van der Waals surface area contributed by atoms with Gasteiger partial charge in [0.1, 0.15) is 5.75 Å². The first-order valence-electron chi connectivity index (χ1n) is 8.16. The molecule has 0 aliphatic carbocycles. The number of hydrogen-bond acceptors (Lipinski definition) is 4. The molecule has 0 N–H and O–H groups in total. The van der Waals surface area contributed by atoms with Gasteiger partial charge in [-0.05, 0) is 31.1 Å². The second kappa shape index (κ2) is 6.14. The second-order valence-corrected chi connectivity index (χ2v) is 6.46. The zero-order valence-corrected chi connectivity index (χ0v) is 14.6. The molecule has 26 heavy (non-hydrogen) atoms. The number of amides is 1.